The lowest BCUT2D eigenvalue weighted by atomic mass is 9.82. The molecule has 7 aromatic carbocycles. The molecule has 1 aliphatic carbocycles. The molecule has 1 aliphatic rings. The average Bonchev–Trinajstić information content (AvgIpc) is 3.61. The van der Waals surface area contributed by atoms with Crippen molar-refractivity contribution in [3.8, 4) is 33.4 Å². The molecule has 0 atom stereocenters. The lowest BCUT2D eigenvalue weighted by Gasteiger charge is -2.30. The van der Waals surface area contributed by atoms with Crippen LogP contribution in [0, 0.1) is 0 Å². The van der Waals surface area contributed by atoms with Crippen LogP contribution in [0.2, 0.25) is 0 Å². The van der Waals surface area contributed by atoms with Gasteiger partial charge >= 0.3 is 0 Å². The Morgan fingerprint density at radius 3 is 1.89 bits per heavy atom. The van der Waals surface area contributed by atoms with Crippen molar-refractivity contribution >= 4 is 48.6 Å². The third kappa shape index (κ3) is 4.52. The molecule has 1 nitrogen and oxygen atoms in total. The first-order valence-electron chi connectivity index (χ1n) is 16.3. The van der Waals surface area contributed by atoms with Crippen molar-refractivity contribution in [2.45, 2.75) is 19.3 Å². The molecular formula is C45H33NS. The maximum Gasteiger partial charge on any atom is 0.0540 e. The monoisotopic (exact) mass is 619 g/mol. The number of hydrogen-bond acceptors (Lipinski definition) is 2. The molecule has 0 N–H and O–H groups in total. The summed E-state index contributed by atoms with van der Waals surface area (Å²) in [4.78, 5) is 2.44. The van der Waals surface area contributed by atoms with Gasteiger partial charge in [-0.15, -0.1) is 11.3 Å². The number of hydrogen-bond donors (Lipinski definition) is 0. The number of anilines is 3. The fourth-order valence-corrected chi connectivity index (χ4v) is 8.58. The van der Waals surface area contributed by atoms with Crippen molar-refractivity contribution in [3.63, 3.8) is 0 Å². The summed E-state index contributed by atoms with van der Waals surface area (Å²) in [6.07, 6.45) is 0. The van der Waals surface area contributed by atoms with Crippen molar-refractivity contribution in [1.82, 2.24) is 0 Å². The Kier molecular flexibility index (Phi) is 6.41. The van der Waals surface area contributed by atoms with E-state index >= 15 is 0 Å². The van der Waals surface area contributed by atoms with Gasteiger partial charge in [0, 0.05) is 42.5 Å². The fraction of sp³-hybridized carbons (Fsp3) is 0.0667. The molecule has 0 unspecified atom stereocenters. The lowest BCUT2D eigenvalue weighted by molar-refractivity contribution is 0.660. The quantitative estimate of drug-likeness (QED) is 0.185. The first-order chi connectivity index (χ1) is 23.1. The van der Waals surface area contributed by atoms with E-state index in [1.807, 2.05) is 11.3 Å². The summed E-state index contributed by atoms with van der Waals surface area (Å²) in [5.41, 5.74) is 13.7. The van der Waals surface area contributed by atoms with Gasteiger partial charge in [0.05, 0.1) is 5.69 Å². The predicted octanol–water partition coefficient (Wildman–Crippen LogP) is 13.2. The van der Waals surface area contributed by atoms with E-state index in [9.17, 15) is 0 Å². The smallest absolute Gasteiger partial charge is 0.0540 e. The van der Waals surface area contributed by atoms with Crippen molar-refractivity contribution in [1.29, 1.82) is 0 Å². The second-order valence-electron chi connectivity index (χ2n) is 13.0. The van der Waals surface area contributed by atoms with E-state index in [0.717, 1.165) is 17.1 Å². The maximum absolute atomic E-state index is 2.44. The summed E-state index contributed by atoms with van der Waals surface area (Å²) in [5.74, 6) is 0. The molecule has 9 rings (SSSR count). The zero-order valence-corrected chi connectivity index (χ0v) is 27.3. The maximum atomic E-state index is 2.44. The van der Waals surface area contributed by atoms with E-state index in [2.05, 4.69) is 183 Å². The molecule has 1 aromatic heterocycles. The standard InChI is InChI=1S/C45H33NS/c1-45(2)40-17-9-6-15-36(40)37-26-25-34(29-41(37)45)46(33-23-20-31(21-24-33)30-12-4-3-5-13-30)42-18-10-7-14-35(42)32-22-27-44-39(28-32)38-16-8-11-19-43(38)47-44/h3-29H,1-2H3. The third-order valence-electron chi connectivity index (χ3n) is 9.89. The molecule has 0 saturated heterocycles. The molecule has 224 valence electrons. The van der Waals surface area contributed by atoms with Gasteiger partial charge in [-0.25, -0.2) is 0 Å². The van der Waals surface area contributed by atoms with Gasteiger partial charge in [0.1, 0.15) is 0 Å². The van der Waals surface area contributed by atoms with Gasteiger partial charge in [0.15, 0.2) is 0 Å². The number of fused-ring (bicyclic) bond motifs is 6. The molecule has 0 spiro atoms. The topological polar surface area (TPSA) is 3.24 Å². The highest BCUT2D eigenvalue weighted by atomic mass is 32.1. The number of benzene rings is 7. The molecule has 8 aromatic rings. The molecule has 0 radical (unpaired) electrons. The Labute approximate surface area is 280 Å². The number of nitrogens with zero attached hydrogens (tertiary/aromatic N) is 1. The van der Waals surface area contributed by atoms with Crippen molar-refractivity contribution in [3.05, 3.63) is 175 Å². The SMILES string of the molecule is CC1(C)c2ccccc2-c2ccc(N(c3ccc(-c4ccccc4)cc3)c3ccccc3-c3ccc4sc5ccccc5c4c3)cc21. The largest absolute Gasteiger partial charge is 0.310 e. The Bertz CT molecular complexity index is 2430. The highest BCUT2D eigenvalue weighted by Gasteiger charge is 2.35. The minimum Gasteiger partial charge on any atom is -0.310 e. The molecule has 0 fully saturated rings. The summed E-state index contributed by atoms with van der Waals surface area (Å²) in [7, 11) is 0. The number of rotatable bonds is 5. The molecule has 0 bridgehead atoms. The minimum absolute atomic E-state index is 0.0880. The molecule has 0 saturated carbocycles. The summed E-state index contributed by atoms with van der Waals surface area (Å²) < 4.78 is 2.65. The molecule has 0 amide bonds. The molecule has 2 heteroatoms. The predicted molar refractivity (Wildman–Crippen MR) is 202 cm³/mol. The van der Waals surface area contributed by atoms with Crippen LogP contribution in [0.4, 0.5) is 17.1 Å². The highest BCUT2D eigenvalue weighted by Crippen LogP contribution is 2.51. The van der Waals surface area contributed by atoms with E-state index in [-0.39, 0.29) is 5.41 Å². The number of para-hydroxylation sites is 1. The summed E-state index contributed by atoms with van der Waals surface area (Å²) in [6.45, 7) is 4.71. The normalized spacial score (nSPS) is 13.1. The van der Waals surface area contributed by atoms with Crippen LogP contribution in [0.15, 0.2) is 164 Å². The van der Waals surface area contributed by atoms with Crippen LogP contribution in [0.1, 0.15) is 25.0 Å². The van der Waals surface area contributed by atoms with Crippen molar-refractivity contribution < 1.29 is 0 Å². The highest BCUT2D eigenvalue weighted by molar-refractivity contribution is 7.25. The first kappa shape index (κ1) is 27.8. The summed E-state index contributed by atoms with van der Waals surface area (Å²) in [5, 5.41) is 2.63. The van der Waals surface area contributed by atoms with Gasteiger partial charge in [-0.2, -0.15) is 0 Å². The average molecular weight is 620 g/mol. The Morgan fingerprint density at radius 2 is 1.04 bits per heavy atom. The van der Waals surface area contributed by atoms with Crippen molar-refractivity contribution in [2.24, 2.45) is 0 Å². The first-order valence-corrected chi connectivity index (χ1v) is 17.1. The molecule has 1 heterocycles. The van der Waals surface area contributed by atoms with Crippen LogP contribution in [0.5, 0.6) is 0 Å². The number of thiophene rings is 1. The minimum atomic E-state index is -0.0880. The summed E-state index contributed by atoms with van der Waals surface area (Å²) >= 11 is 1.86. The van der Waals surface area contributed by atoms with Crippen LogP contribution < -0.4 is 4.90 Å². The zero-order chi connectivity index (χ0) is 31.5. The van der Waals surface area contributed by atoms with E-state index in [1.54, 1.807) is 0 Å². The third-order valence-corrected chi connectivity index (χ3v) is 11.0. The Balaban J connectivity index is 1.24. The second-order valence-corrected chi connectivity index (χ2v) is 14.1. The van der Waals surface area contributed by atoms with Gasteiger partial charge in [0.25, 0.3) is 0 Å². The lowest BCUT2D eigenvalue weighted by Crippen LogP contribution is -2.16. The van der Waals surface area contributed by atoms with Crippen LogP contribution in [0.3, 0.4) is 0 Å². The van der Waals surface area contributed by atoms with Gasteiger partial charge in [-0.3, -0.25) is 0 Å². The van der Waals surface area contributed by atoms with E-state index in [1.165, 1.54) is 64.7 Å². The fourth-order valence-electron chi connectivity index (χ4n) is 7.50. The van der Waals surface area contributed by atoms with E-state index < -0.39 is 0 Å². The Hall–Kier alpha value is -5.44. The Morgan fingerprint density at radius 1 is 0.426 bits per heavy atom. The zero-order valence-electron chi connectivity index (χ0n) is 26.4. The molecule has 0 aliphatic heterocycles. The van der Waals surface area contributed by atoms with Crippen LogP contribution in [-0.2, 0) is 5.41 Å². The second kappa shape index (κ2) is 10.8. The van der Waals surface area contributed by atoms with Gasteiger partial charge < -0.3 is 4.90 Å². The molecular weight excluding hydrogens is 587 g/mol. The van der Waals surface area contributed by atoms with Gasteiger partial charge in [0.2, 0.25) is 0 Å². The summed E-state index contributed by atoms with van der Waals surface area (Å²) in [6, 6.07) is 60.1. The van der Waals surface area contributed by atoms with Gasteiger partial charge in [-0.1, -0.05) is 129 Å². The van der Waals surface area contributed by atoms with E-state index in [4.69, 9.17) is 0 Å². The van der Waals surface area contributed by atoms with Crippen LogP contribution in [0.25, 0.3) is 53.6 Å². The van der Waals surface area contributed by atoms with Crippen LogP contribution in [-0.4, -0.2) is 0 Å². The molecule has 47 heavy (non-hydrogen) atoms. The van der Waals surface area contributed by atoms with Crippen molar-refractivity contribution in [2.75, 3.05) is 4.90 Å². The van der Waals surface area contributed by atoms with Gasteiger partial charge in [-0.05, 0) is 87.5 Å². The van der Waals surface area contributed by atoms with Crippen LogP contribution >= 0.6 is 11.3 Å². The van der Waals surface area contributed by atoms with E-state index in [0.29, 0.717) is 0 Å².